The minimum Gasteiger partial charge on any atom is -0.495 e. The standard InChI is InChI=1S/C32H35N5O2S/c1-20-13-14-21(2)27(18-20)37-22(3)19-24(23(37)4)31-30(26-11-8-9-16-33-26)35-32(40)36(31)17-15-29(38)34-25-10-6-7-12-28(25)39-5/h6-14,16,18-19,30-31H,15,17H2,1-5H3,(H,34,38)(H,35,40)/t30-,31+/m0/s1. The number of aryl methyl sites for hydroxylation is 3. The Kier molecular flexibility index (Phi) is 7.89. The number of methoxy groups -OCH3 is 1. The second-order valence-corrected chi connectivity index (χ2v) is 10.7. The van der Waals surface area contributed by atoms with Gasteiger partial charge in [0.25, 0.3) is 0 Å². The molecule has 1 fully saturated rings. The minimum absolute atomic E-state index is 0.104. The molecule has 40 heavy (non-hydrogen) atoms. The van der Waals surface area contributed by atoms with Crippen LogP contribution in [0.5, 0.6) is 5.75 Å². The zero-order valence-corrected chi connectivity index (χ0v) is 24.4. The van der Waals surface area contributed by atoms with Gasteiger partial charge in [-0.15, -0.1) is 0 Å². The van der Waals surface area contributed by atoms with Gasteiger partial charge in [0.2, 0.25) is 5.91 Å². The third kappa shape index (κ3) is 5.31. The molecule has 2 aromatic heterocycles. The van der Waals surface area contributed by atoms with E-state index in [-0.39, 0.29) is 24.4 Å². The lowest BCUT2D eigenvalue weighted by atomic mass is 9.96. The molecule has 5 rings (SSSR count). The van der Waals surface area contributed by atoms with E-state index in [0.29, 0.717) is 23.1 Å². The number of aromatic nitrogens is 2. The summed E-state index contributed by atoms with van der Waals surface area (Å²) >= 11 is 5.86. The number of ether oxygens (including phenoxy) is 1. The van der Waals surface area contributed by atoms with Crippen LogP contribution in [-0.4, -0.2) is 39.1 Å². The van der Waals surface area contributed by atoms with Gasteiger partial charge in [0.1, 0.15) is 5.75 Å². The maximum absolute atomic E-state index is 13.0. The highest BCUT2D eigenvalue weighted by atomic mass is 32.1. The maximum atomic E-state index is 13.0. The first-order valence-corrected chi connectivity index (χ1v) is 13.9. The Balaban J connectivity index is 1.49. The first-order valence-electron chi connectivity index (χ1n) is 13.5. The third-order valence-electron chi connectivity index (χ3n) is 7.55. The fourth-order valence-electron chi connectivity index (χ4n) is 5.59. The predicted octanol–water partition coefficient (Wildman–Crippen LogP) is 6.12. The van der Waals surface area contributed by atoms with Crippen LogP contribution in [0.4, 0.5) is 5.69 Å². The number of carbonyl (C=O) groups excluding carboxylic acids is 1. The van der Waals surface area contributed by atoms with Crippen molar-refractivity contribution in [2.24, 2.45) is 0 Å². The summed E-state index contributed by atoms with van der Waals surface area (Å²) in [5.41, 5.74) is 8.61. The molecular weight excluding hydrogens is 518 g/mol. The van der Waals surface area contributed by atoms with E-state index in [1.165, 1.54) is 16.8 Å². The van der Waals surface area contributed by atoms with Gasteiger partial charge in [0.05, 0.1) is 30.6 Å². The summed E-state index contributed by atoms with van der Waals surface area (Å²) in [6.07, 6.45) is 2.07. The van der Waals surface area contributed by atoms with Crippen molar-refractivity contribution in [3.63, 3.8) is 0 Å². The van der Waals surface area contributed by atoms with Crippen LogP contribution in [-0.2, 0) is 4.79 Å². The van der Waals surface area contributed by atoms with E-state index in [0.717, 1.165) is 22.6 Å². The Hall–Kier alpha value is -4.17. The number of hydrogen-bond acceptors (Lipinski definition) is 4. The van der Waals surface area contributed by atoms with Gasteiger partial charge in [0.15, 0.2) is 5.11 Å². The van der Waals surface area contributed by atoms with E-state index in [4.69, 9.17) is 17.0 Å². The summed E-state index contributed by atoms with van der Waals surface area (Å²) < 4.78 is 7.71. The molecule has 2 atom stereocenters. The first-order chi connectivity index (χ1) is 19.3. The molecule has 206 valence electrons. The highest BCUT2D eigenvalue weighted by molar-refractivity contribution is 7.80. The van der Waals surface area contributed by atoms with Gasteiger partial charge in [0, 0.05) is 36.2 Å². The molecule has 0 bridgehead atoms. The molecule has 8 heteroatoms. The van der Waals surface area contributed by atoms with Crippen LogP contribution in [0.2, 0.25) is 0 Å². The molecule has 1 aliphatic heterocycles. The molecule has 0 unspecified atom stereocenters. The molecule has 1 aliphatic rings. The Bertz CT molecular complexity index is 1550. The van der Waals surface area contributed by atoms with Crippen molar-refractivity contribution >= 4 is 28.9 Å². The number of nitrogens with one attached hydrogen (secondary N) is 2. The van der Waals surface area contributed by atoms with Crippen LogP contribution in [0, 0.1) is 27.7 Å². The summed E-state index contributed by atoms with van der Waals surface area (Å²) in [7, 11) is 1.59. The summed E-state index contributed by atoms with van der Waals surface area (Å²) in [5.74, 6) is 0.523. The van der Waals surface area contributed by atoms with Crippen LogP contribution in [0.15, 0.2) is 72.9 Å². The molecule has 1 saturated heterocycles. The summed E-state index contributed by atoms with van der Waals surface area (Å²) in [6, 6.07) is 21.8. The third-order valence-corrected chi connectivity index (χ3v) is 7.91. The highest BCUT2D eigenvalue weighted by Gasteiger charge is 2.41. The van der Waals surface area contributed by atoms with E-state index < -0.39 is 0 Å². The number of nitrogens with zero attached hydrogens (tertiary/aromatic N) is 3. The molecule has 0 saturated carbocycles. The molecule has 0 aliphatic carbocycles. The lowest BCUT2D eigenvalue weighted by molar-refractivity contribution is -0.116. The van der Waals surface area contributed by atoms with E-state index in [1.807, 2.05) is 42.5 Å². The number of anilines is 1. The molecule has 4 aromatic rings. The zero-order valence-electron chi connectivity index (χ0n) is 23.6. The number of thiocarbonyl (C=S) groups is 1. The minimum atomic E-state index is -0.154. The Morgan fingerprint density at radius 2 is 1.82 bits per heavy atom. The molecule has 2 aromatic carbocycles. The predicted molar refractivity (Wildman–Crippen MR) is 163 cm³/mol. The van der Waals surface area contributed by atoms with Crippen LogP contribution < -0.4 is 15.4 Å². The lowest BCUT2D eigenvalue weighted by Crippen LogP contribution is -2.33. The van der Waals surface area contributed by atoms with E-state index in [2.05, 4.69) is 77.0 Å². The van der Waals surface area contributed by atoms with E-state index in [9.17, 15) is 4.79 Å². The number of benzene rings is 2. The molecule has 0 spiro atoms. The Labute approximate surface area is 241 Å². The second kappa shape index (κ2) is 11.5. The summed E-state index contributed by atoms with van der Waals surface area (Å²) in [5, 5.41) is 7.11. The van der Waals surface area contributed by atoms with Crippen molar-refractivity contribution in [2.45, 2.75) is 46.2 Å². The van der Waals surface area contributed by atoms with E-state index >= 15 is 0 Å². The van der Waals surface area contributed by atoms with Gasteiger partial charge >= 0.3 is 0 Å². The molecule has 3 heterocycles. The van der Waals surface area contributed by atoms with Gasteiger partial charge in [-0.3, -0.25) is 9.78 Å². The number of carbonyl (C=O) groups is 1. The quantitative estimate of drug-likeness (QED) is 0.256. The molecule has 0 radical (unpaired) electrons. The normalized spacial score (nSPS) is 16.6. The van der Waals surface area contributed by atoms with E-state index in [1.54, 1.807) is 13.3 Å². The fraction of sp³-hybridized carbons (Fsp3) is 0.281. The highest BCUT2D eigenvalue weighted by Crippen LogP contribution is 2.41. The number of pyridine rings is 1. The van der Waals surface area contributed by atoms with Crippen molar-refractivity contribution in [1.82, 2.24) is 19.8 Å². The fourth-order valence-corrected chi connectivity index (χ4v) is 5.92. The largest absolute Gasteiger partial charge is 0.495 e. The van der Waals surface area contributed by atoms with Crippen molar-refractivity contribution < 1.29 is 9.53 Å². The number of rotatable bonds is 8. The molecule has 2 N–H and O–H groups in total. The number of para-hydroxylation sites is 2. The molecule has 7 nitrogen and oxygen atoms in total. The maximum Gasteiger partial charge on any atom is 0.226 e. The molecular formula is C32H35N5O2S. The number of hydrogen-bond donors (Lipinski definition) is 2. The monoisotopic (exact) mass is 553 g/mol. The summed E-state index contributed by atoms with van der Waals surface area (Å²) in [6.45, 7) is 9.01. The lowest BCUT2D eigenvalue weighted by Gasteiger charge is -2.28. The molecule has 1 amide bonds. The van der Waals surface area contributed by atoms with Gasteiger partial charge in [-0.05, 0) is 93.0 Å². The topological polar surface area (TPSA) is 71.4 Å². The average Bonchev–Trinajstić information content (AvgIpc) is 3.43. The number of amides is 1. The summed E-state index contributed by atoms with van der Waals surface area (Å²) in [4.78, 5) is 19.8. The smallest absolute Gasteiger partial charge is 0.226 e. The van der Waals surface area contributed by atoms with Crippen molar-refractivity contribution in [1.29, 1.82) is 0 Å². The van der Waals surface area contributed by atoms with Gasteiger partial charge in [-0.25, -0.2) is 0 Å². The van der Waals surface area contributed by atoms with Crippen molar-refractivity contribution in [3.8, 4) is 11.4 Å². The van der Waals surface area contributed by atoms with Crippen molar-refractivity contribution in [3.05, 3.63) is 107 Å². The van der Waals surface area contributed by atoms with Crippen molar-refractivity contribution in [2.75, 3.05) is 19.0 Å². The van der Waals surface area contributed by atoms with Crippen LogP contribution in [0.25, 0.3) is 5.69 Å². The Morgan fingerprint density at radius 3 is 2.58 bits per heavy atom. The SMILES string of the molecule is COc1ccccc1NC(=O)CCN1C(=S)N[C@@H](c2ccccn2)[C@H]1c1cc(C)n(-c2cc(C)ccc2C)c1C. The Morgan fingerprint density at radius 1 is 1.05 bits per heavy atom. The van der Waals surface area contributed by atoms with Crippen LogP contribution in [0.1, 0.15) is 52.3 Å². The van der Waals surface area contributed by atoms with Gasteiger partial charge in [-0.2, -0.15) is 0 Å². The zero-order chi connectivity index (χ0) is 28.4. The second-order valence-electron chi connectivity index (χ2n) is 10.3. The van der Waals surface area contributed by atoms with Gasteiger partial charge in [-0.1, -0.05) is 30.3 Å². The van der Waals surface area contributed by atoms with Crippen LogP contribution >= 0.6 is 12.2 Å². The van der Waals surface area contributed by atoms with Crippen LogP contribution in [0.3, 0.4) is 0 Å². The average molecular weight is 554 g/mol. The van der Waals surface area contributed by atoms with Gasteiger partial charge < -0.3 is 24.8 Å². The first kappa shape index (κ1) is 27.4.